The van der Waals surface area contributed by atoms with Crippen molar-refractivity contribution >= 4 is 21.9 Å². The van der Waals surface area contributed by atoms with Crippen LogP contribution < -0.4 is 0 Å². The van der Waals surface area contributed by atoms with E-state index < -0.39 is 17.7 Å². The zero-order valence-corrected chi connectivity index (χ0v) is 11.1. The molecule has 1 atom stereocenters. The van der Waals surface area contributed by atoms with Crippen molar-refractivity contribution in [2.75, 3.05) is 0 Å². The number of halogens is 1. The molecule has 0 aliphatic carbocycles. The molecule has 1 N–H and O–H groups in total. The lowest BCUT2D eigenvalue weighted by Gasteiger charge is -2.21. The molecule has 0 amide bonds. The van der Waals surface area contributed by atoms with Gasteiger partial charge in [-0.05, 0) is 38.5 Å². The first kappa shape index (κ1) is 13.2. The van der Waals surface area contributed by atoms with Gasteiger partial charge in [-0.25, -0.2) is 4.79 Å². The number of aliphatic hydroxyl groups excluding tert-OH is 1. The predicted molar refractivity (Wildman–Crippen MR) is 64.9 cm³/mol. The second-order valence-electron chi connectivity index (χ2n) is 4.49. The normalized spacial score (nSPS) is 13.3. The molecule has 0 heterocycles. The van der Waals surface area contributed by atoms with Gasteiger partial charge in [-0.1, -0.05) is 28.1 Å². The summed E-state index contributed by atoms with van der Waals surface area (Å²) in [6.45, 7) is 5.29. The number of ether oxygens (including phenoxy) is 1. The van der Waals surface area contributed by atoms with E-state index in [-0.39, 0.29) is 0 Å². The average Bonchev–Trinajstić information content (AvgIpc) is 2.14. The zero-order valence-electron chi connectivity index (χ0n) is 9.53. The van der Waals surface area contributed by atoms with Crippen molar-refractivity contribution in [1.82, 2.24) is 0 Å². The topological polar surface area (TPSA) is 46.5 Å². The van der Waals surface area contributed by atoms with Crippen LogP contribution in [0, 0.1) is 0 Å². The molecule has 0 aromatic heterocycles. The van der Waals surface area contributed by atoms with E-state index in [1.807, 2.05) is 6.07 Å². The molecule has 1 aromatic carbocycles. The quantitative estimate of drug-likeness (QED) is 0.851. The molecule has 88 valence electrons. The van der Waals surface area contributed by atoms with E-state index in [2.05, 4.69) is 15.9 Å². The van der Waals surface area contributed by atoms with Crippen molar-refractivity contribution in [2.24, 2.45) is 0 Å². The Bertz CT molecular complexity index is 382. The zero-order chi connectivity index (χ0) is 12.3. The molecule has 0 aliphatic heterocycles. The van der Waals surface area contributed by atoms with Gasteiger partial charge in [0.15, 0.2) is 6.10 Å². The van der Waals surface area contributed by atoms with Gasteiger partial charge in [-0.15, -0.1) is 0 Å². The number of hydrogen-bond donors (Lipinski definition) is 1. The maximum atomic E-state index is 11.6. The summed E-state index contributed by atoms with van der Waals surface area (Å²) in [5.74, 6) is -0.634. The Hall–Kier alpha value is -0.870. The number of esters is 1. The Balaban J connectivity index is 2.78. The molecule has 1 aromatic rings. The maximum Gasteiger partial charge on any atom is 0.340 e. The summed E-state index contributed by atoms with van der Waals surface area (Å²) >= 11 is 3.28. The van der Waals surface area contributed by atoms with Gasteiger partial charge in [0.05, 0.1) is 0 Å². The van der Waals surface area contributed by atoms with Crippen molar-refractivity contribution in [3.05, 3.63) is 34.3 Å². The minimum atomic E-state index is -1.24. The van der Waals surface area contributed by atoms with Crippen LogP contribution in [-0.2, 0) is 9.53 Å². The monoisotopic (exact) mass is 286 g/mol. The van der Waals surface area contributed by atoms with E-state index in [0.29, 0.717) is 5.56 Å². The van der Waals surface area contributed by atoms with Gasteiger partial charge in [-0.2, -0.15) is 0 Å². The van der Waals surface area contributed by atoms with Crippen molar-refractivity contribution in [3.8, 4) is 0 Å². The molecule has 0 spiro atoms. The third-order valence-corrected chi connectivity index (χ3v) is 2.29. The van der Waals surface area contributed by atoms with Gasteiger partial charge in [0.25, 0.3) is 0 Å². The fourth-order valence-electron chi connectivity index (χ4n) is 1.17. The lowest BCUT2D eigenvalue weighted by molar-refractivity contribution is -0.165. The van der Waals surface area contributed by atoms with Gasteiger partial charge in [0.2, 0.25) is 0 Å². The molecule has 1 rings (SSSR count). The molecule has 0 fully saturated rings. The second-order valence-corrected chi connectivity index (χ2v) is 5.41. The van der Waals surface area contributed by atoms with E-state index in [1.165, 1.54) is 0 Å². The predicted octanol–water partition coefficient (Wildman–Crippen LogP) is 2.82. The van der Waals surface area contributed by atoms with E-state index in [0.717, 1.165) is 4.47 Å². The molecule has 16 heavy (non-hydrogen) atoms. The van der Waals surface area contributed by atoms with Crippen LogP contribution in [0.3, 0.4) is 0 Å². The first-order valence-electron chi connectivity index (χ1n) is 4.96. The highest BCUT2D eigenvalue weighted by Gasteiger charge is 2.24. The molecule has 3 nitrogen and oxygen atoms in total. The summed E-state index contributed by atoms with van der Waals surface area (Å²) in [5.41, 5.74) is -0.0759. The molecule has 0 bridgehead atoms. The minimum Gasteiger partial charge on any atom is -0.458 e. The molecule has 0 aliphatic rings. The van der Waals surface area contributed by atoms with Crippen molar-refractivity contribution in [2.45, 2.75) is 32.5 Å². The van der Waals surface area contributed by atoms with Crippen LogP contribution in [0.25, 0.3) is 0 Å². The standard InChI is InChI=1S/C12H15BrO3/c1-12(2,3)16-11(15)10(14)8-5-4-6-9(13)7-8/h4-7,10,14H,1-3H3. The Kier molecular flexibility index (Phi) is 4.10. The Morgan fingerprint density at radius 1 is 1.44 bits per heavy atom. The van der Waals surface area contributed by atoms with Crippen LogP contribution >= 0.6 is 15.9 Å². The Morgan fingerprint density at radius 2 is 2.06 bits per heavy atom. The third-order valence-electron chi connectivity index (χ3n) is 1.79. The van der Waals surface area contributed by atoms with Crippen LogP contribution in [0.1, 0.15) is 32.4 Å². The third kappa shape index (κ3) is 3.94. The van der Waals surface area contributed by atoms with E-state index in [1.54, 1.807) is 39.0 Å². The second kappa shape index (κ2) is 4.97. The van der Waals surface area contributed by atoms with Crippen molar-refractivity contribution in [3.63, 3.8) is 0 Å². The molecular formula is C12H15BrO3. The lowest BCUT2D eigenvalue weighted by atomic mass is 10.1. The van der Waals surface area contributed by atoms with Gasteiger partial charge in [0, 0.05) is 4.47 Å². The van der Waals surface area contributed by atoms with Gasteiger partial charge < -0.3 is 9.84 Å². The molecule has 0 saturated carbocycles. The summed E-state index contributed by atoms with van der Waals surface area (Å²) in [7, 11) is 0. The number of aliphatic hydroxyl groups is 1. The minimum absolute atomic E-state index is 0.517. The molecule has 4 heteroatoms. The molecular weight excluding hydrogens is 272 g/mol. The highest BCUT2D eigenvalue weighted by Crippen LogP contribution is 2.21. The molecule has 1 unspecified atom stereocenters. The first-order valence-corrected chi connectivity index (χ1v) is 5.75. The van der Waals surface area contributed by atoms with E-state index >= 15 is 0 Å². The van der Waals surface area contributed by atoms with Gasteiger partial charge in [0.1, 0.15) is 5.60 Å². The van der Waals surface area contributed by atoms with Crippen molar-refractivity contribution < 1.29 is 14.6 Å². The van der Waals surface area contributed by atoms with Crippen LogP contribution in [0.15, 0.2) is 28.7 Å². The van der Waals surface area contributed by atoms with Gasteiger partial charge in [-0.3, -0.25) is 0 Å². The number of carbonyl (C=O) groups excluding carboxylic acids is 1. The number of carbonyl (C=O) groups is 1. The lowest BCUT2D eigenvalue weighted by Crippen LogP contribution is -2.27. The average molecular weight is 287 g/mol. The number of rotatable bonds is 2. The number of benzene rings is 1. The van der Waals surface area contributed by atoms with E-state index in [4.69, 9.17) is 4.74 Å². The Labute approximate surface area is 104 Å². The fourth-order valence-corrected chi connectivity index (χ4v) is 1.59. The highest BCUT2D eigenvalue weighted by molar-refractivity contribution is 9.10. The summed E-state index contributed by atoms with van der Waals surface area (Å²) in [4.78, 5) is 11.6. The summed E-state index contributed by atoms with van der Waals surface area (Å²) in [6.07, 6.45) is -1.24. The highest BCUT2D eigenvalue weighted by atomic mass is 79.9. The van der Waals surface area contributed by atoms with Crippen LogP contribution in [0.5, 0.6) is 0 Å². The molecule has 0 radical (unpaired) electrons. The maximum absolute atomic E-state index is 11.6. The van der Waals surface area contributed by atoms with Gasteiger partial charge >= 0.3 is 5.97 Å². The summed E-state index contributed by atoms with van der Waals surface area (Å²) in [6, 6.07) is 6.95. The number of hydrogen-bond acceptors (Lipinski definition) is 3. The SMILES string of the molecule is CC(C)(C)OC(=O)C(O)c1cccc(Br)c1. The van der Waals surface area contributed by atoms with Crippen molar-refractivity contribution in [1.29, 1.82) is 0 Å². The molecule has 0 saturated heterocycles. The smallest absolute Gasteiger partial charge is 0.340 e. The largest absolute Gasteiger partial charge is 0.458 e. The van der Waals surface area contributed by atoms with Crippen LogP contribution in [0.2, 0.25) is 0 Å². The van der Waals surface area contributed by atoms with E-state index in [9.17, 15) is 9.90 Å². The fraction of sp³-hybridized carbons (Fsp3) is 0.417. The Morgan fingerprint density at radius 3 is 2.56 bits per heavy atom. The first-order chi connectivity index (χ1) is 7.29. The van der Waals surface area contributed by atoms with Crippen LogP contribution in [0.4, 0.5) is 0 Å². The van der Waals surface area contributed by atoms with Crippen LogP contribution in [-0.4, -0.2) is 16.7 Å². The summed E-state index contributed by atoms with van der Waals surface area (Å²) in [5, 5.41) is 9.78. The summed E-state index contributed by atoms with van der Waals surface area (Å²) < 4.78 is 5.90.